The molecule has 0 aliphatic carbocycles. The van der Waals surface area contributed by atoms with Gasteiger partial charge in [-0.15, -0.1) is 0 Å². The fourth-order valence-corrected chi connectivity index (χ4v) is 4.04. The van der Waals surface area contributed by atoms with Gasteiger partial charge in [-0.25, -0.2) is 9.78 Å². The van der Waals surface area contributed by atoms with Gasteiger partial charge in [0, 0.05) is 17.7 Å². The topological polar surface area (TPSA) is 110 Å². The second-order valence-electron chi connectivity index (χ2n) is 8.38. The van der Waals surface area contributed by atoms with Crippen LogP contribution < -0.4 is 20.1 Å². The van der Waals surface area contributed by atoms with Gasteiger partial charge in [0.2, 0.25) is 6.41 Å². The number of methoxy groups -OCH3 is 2. The van der Waals surface area contributed by atoms with E-state index < -0.39 is 12.1 Å². The minimum atomic E-state index is -0.797. The number of ether oxygens (including phenoxy) is 2. The van der Waals surface area contributed by atoms with Crippen molar-refractivity contribution >= 4 is 18.3 Å². The van der Waals surface area contributed by atoms with Gasteiger partial charge in [0.15, 0.2) is 11.4 Å². The number of pyridine rings is 1. The molecule has 0 bridgehead atoms. The first-order valence-electron chi connectivity index (χ1n) is 11.5. The normalized spacial score (nSPS) is 12.6. The number of imide groups is 1. The molecule has 0 saturated heterocycles. The Hall–Kier alpha value is -4.84. The summed E-state index contributed by atoms with van der Waals surface area (Å²) in [6, 6.07) is 15.4. The van der Waals surface area contributed by atoms with Gasteiger partial charge in [-0.1, -0.05) is 35.7 Å². The third-order valence-electron chi connectivity index (χ3n) is 5.85. The molecule has 9 nitrogen and oxygen atoms in total. The smallest absolute Gasteiger partial charge is 0.322 e. The van der Waals surface area contributed by atoms with Gasteiger partial charge in [-0.2, -0.15) is 0 Å². The third-order valence-corrected chi connectivity index (χ3v) is 5.85. The van der Waals surface area contributed by atoms with E-state index >= 15 is 0 Å². The lowest BCUT2D eigenvalue weighted by Crippen LogP contribution is -2.46. The van der Waals surface area contributed by atoms with Gasteiger partial charge in [-0.3, -0.25) is 14.9 Å². The van der Waals surface area contributed by atoms with Crippen LogP contribution in [0.1, 0.15) is 27.2 Å². The maximum atomic E-state index is 13.0. The number of hydrogen-bond donors (Lipinski definition) is 2. The van der Waals surface area contributed by atoms with Crippen LogP contribution >= 0.6 is 0 Å². The van der Waals surface area contributed by atoms with Crippen molar-refractivity contribution in [1.29, 1.82) is 0 Å². The van der Waals surface area contributed by atoms with Crippen molar-refractivity contribution in [3.05, 3.63) is 77.0 Å². The molecule has 0 saturated carbocycles. The first kappa shape index (κ1) is 25.3. The number of nitrogens with one attached hydrogen (secondary N) is 2. The van der Waals surface area contributed by atoms with E-state index in [-0.39, 0.29) is 18.9 Å². The number of rotatable bonds is 7. The maximum Gasteiger partial charge on any atom is 0.322 e. The number of nitrogens with zero attached hydrogens (tertiary/aromatic N) is 2. The number of carbonyl (C=O) groups excluding carboxylic acids is 3. The number of urea groups is 1. The number of carbonyl (C=O) groups is 3. The molecular weight excluding hydrogens is 472 g/mol. The van der Waals surface area contributed by atoms with Crippen LogP contribution in [-0.2, 0) is 11.3 Å². The molecule has 0 spiro atoms. The summed E-state index contributed by atoms with van der Waals surface area (Å²) in [5, 5.41) is 4.68. The molecule has 1 aliphatic rings. The molecule has 0 radical (unpaired) electrons. The maximum absolute atomic E-state index is 13.0. The SMILES string of the molecule is COc1ccc2c(c1)C(=O)N(CC(C#Cc1nc(-c3cccc(C)c3)ccc1OC)NC(=O)NC=O)C2. The Balaban J connectivity index is 1.62. The van der Waals surface area contributed by atoms with Crippen molar-refractivity contribution in [3.8, 4) is 34.6 Å². The Morgan fingerprint density at radius 1 is 1.16 bits per heavy atom. The standard InChI is InChI=1S/C28H26N4O5/c1-18-5-4-6-19(13-18)24-11-12-26(37-3)25(31-24)10-8-21(30-28(35)29-17-33)16-32-15-20-7-9-22(36-2)14-23(20)27(32)34/h4-7,9,11-14,17,21H,15-16H2,1-3H3,(H2,29,30,33,35). The summed E-state index contributed by atoms with van der Waals surface area (Å²) in [5.74, 6) is 6.83. The van der Waals surface area contributed by atoms with Crippen molar-refractivity contribution in [3.63, 3.8) is 0 Å². The zero-order chi connectivity index (χ0) is 26.4. The molecule has 4 rings (SSSR count). The van der Waals surface area contributed by atoms with Crippen molar-refractivity contribution in [2.24, 2.45) is 0 Å². The van der Waals surface area contributed by atoms with Gasteiger partial charge in [0.05, 0.1) is 26.5 Å². The summed E-state index contributed by atoms with van der Waals surface area (Å²) in [6.07, 6.45) is 0.277. The summed E-state index contributed by atoms with van der Waals surface area (Å²) in [4.78, 5) is 42.2. The van der Waals surface area contributed by atoms with Crippen molar-refractivity contribution in [2.75, 3.05) is 20.8 Å². The highest BCUT2D eigenvalue weighted by Crippen LogP contribution is 2.27. The Bertz CT molecular complexity index is 1410. The average molecular weight is 499 g/mol. The van der Waals surface area contributed by atoms with Gasteiger partial charge in [0.25, 0.3) is 5.91 Å². The van der Waals surface area contributed by atoms with E-state index in [4.69, 9.17) is 9.47 Å². The molecule has 4 amide bonds. The molecule has 188 valence electrons. The Morgan fingerprint density at radius 3 is 2.73 bits per heavy atom. The van der Waals surface area contributed by atoms with Crippen LogP contribution in [-0.4, -0.2) is 55.0 Å². The van der Waals surface area contributed by atoms with Gasteiger partial charge in [-0.05, 0) is 48.7 Å². The first-order valence-corrected chi connectivity index (χ1v) is 11.5. The second kappa shape index (κ2) is 11.3. The highest BCUT2D eigenvalue weighted by atomic mass is 16.5. The molecule has 0 fully saturated rings. The van der Waals surface area contributed by atoms with Crippen LogP contribution in [0.25, 0.3) is 11.3 Å². The molecule has 2 N–H and O–H groups in total. The van der Waals surface area contributed by atoms with Crippen LogP contribution in [0.2, 0.25) is 0 Å². The predicted octanol–water partition coefficient (Wildman–Crippen LogP) is 2.91. The number of amides is 4. The molecule has 2 heterocycles. The fourth-order valence-electron chi connectivity index (χ4n) is 4.04. The van der Waals surface area contributed by atoms with Crippen LogP contribution in [0.3, 0.4) is 0 Å². The average Bonchev–Trinajstić information content (AvgIpc) is 3.21. The molecule has 3 aromatic rings. The quantitative estimate of drug-likeness (QED) is 0.383. The lowest BCUT2D eigenvalue weighted by atomic mass is 10.1. The van der Waals surface area contributed by atoms with E-state index in [9.17, 15) is 14.4 Å². The van der Waals surface area contributed by atoms with E-state index in [0.717, 1.165) is 22.4 Å². The van der Waals surface area contributed by atoms with Crippen molar-refractivity contribution < 1.29 is 23.9 Å². The van der Waals surface area contributed by atoms with Crippen molar-refractivity contribution in [1.82, 2.24) is 20.5 Å². The molecule has 1 unspecified atom stereocenters. The minimum absolute atomic E-state index is 0.0923. The molecule has 1 aliphatic heterocycles. The number of aromatic nitrogens is 1. The second-order valence-corrected chi connectivity index (χ2v) is 8.38. The van der Waals surface area contributed by atoms with Gasteiger partial charge < -0.3 is 19.7 Å². The summed E-state index contributed by atoms with van der Waals surface area (Å²) in [5.41, 5.74) is 4.52. The third kappa shape index (κ3) is 5.87. The lowest BCUT2D eigenvalue weighted by Gasteiger charge is -2.21. The number of benzene rings is 2. The summed E-state index contributed by atoms with van der Waals surface area (Å²) in [7, 11) is 3.06. The molecule has 1 atom stereocenters. The summed E-state index contributed by atoms with van der Waals surface area (Å²) in [6.45, 7) is 2.45. The summed E-state index contributed by atoms with van der Waals surface area (Å²) < 4.78 is 10.7. The molecule has 2 aromatic carbocycles. The fraction of sp³-hybridized carbons (Fsp3) is 0.214. The van der Waals surface area contributed by atoms with Crippen molar-refractivity contribution in [2.45, 2.75) is 19.5 Å². The zero-order valence-corrected chi connectivity index (χ0v) is 20.7. The Labute approximate surface area is 214 Å². The predicted molar refractivity (Wildman–Crippen MR) is 137 cm³/mol. The highest BCUT2D eigenvalue weighted by Gasteiger charge is 2.29. The number of aryl methyl sites for hydroxylation is 1. The molecule has 9 heteroatoms. The lowest BCUT2D eigenvalue weighted by molar-refractivity contribution is -0.108. The molecular formula is C28H26N4O5. The Kier molecular flexibility index (Phi) is 7.69. The van der Waals surface area contributed by atoms with E-state index in [2.05, 4.69) is 22.1 Å². The van der Waals surface area contributed by atoms with Crippen LogP contribution in [0, 0.1) is 18.8 Å². The monoisotopic (exact) mass is 498 g/mol. The van der Waals surface area contributed by atoms with E-state index in [0.29, 0.717) is 29.3 Å². The summed E-state index contributed by atoms with van der Waals surface area (Å²) >= 11 is 0. The zero-order valence-electron chi connectivity index (χ0n) is 20.7. The number of hydrogen-bond acceptors (Lipinski definition) is 6. The Morgan fingerprint density at radius 2 is 2.00 bits per heavy atom. The largest absolute Gasteiger partial charge is 0.497 e. The van der Waals surface area contributed by atoms with Crippen LogP contribution in [0.15, 0.2) is 54.6 Å². The van der Waals surface area contributed by atoms with Crippen LogP contribution in [0.5, 0.6) is 11.5 Å². The highest BCUT2D eigenvalue weighted by molar-refractivity contribution is 5.98. The number of fused-ring (bicyclic) bond motifs is 1. The first-order chi connectivity index (χ1) is 17.9. The van der Waals surface area contributed by atoms with E-state index in [1.165, 1.54) is 14.2 Å². The minimum Gasteiger partial charge on any atom is -0.497 e. The molecule has 37 heavy (non-hydrogen) atoms. The molecule has 1 aromatic heterocycles. The van der Waals surface area contributed by atoms with Gasteiger partial charge in [0.1, 0.15) is 11.8 Å². The van der Waals surface area contributed by atoms with E-state index in [1.54, 1.807) is 23.1 Å². The van der Waals surface area contributed by atoms with E-state index in [1.807, 2.05) is 48.6 Å². The van der Waals surface area contributed by atoms with Gasteiger partial charge >= 0.3 is 6.03 Å². The van der Waals surface area contributed by atoms with Crippen LogP contribution in [0.4, 0.5) is 4.79 Å².